The molecule has 0 aliphatic carbocycles. The summed E-state index contributed by atoms with van der Waals surface area (Å²) in [5, 5.41) is 3.38. The van der Waals surface area contributed by atoms with Gasteiger partial charge < -0.3 is 10.1 Å². The fourth-order valence-corrected chi connectivity index (χ4v) is 2.38. The first-order chi connectivity index (χ1) is 8.10. The van der Waals surface area contributed by atoms with Crippen LogP contribution in [0.4, 0.5) is 0 Å². The molecule has 1 aromatic carbocycles. The van der Waals surface area contributed by atoms with Crippen LogP contribution in [-0.4, -0.2) is 20.2 Å². The van der Waals surface area contributed by atoms with Crippen LogP contribution in [-0.2, 0) is 0 Å². The van der Waals surface area contributed by atoms with E-state index in [2.05, 4.69) is 45.1 Å². The van der Waals surface area contributed by atoms with E-state index >= 15 is 0 Å². The zero-order chi connectivity index (χ0) is 12.8. The maximum absolute atomic E-state index is 5.51. The van der Waals surface area contributed by atoms with E-state index in [4.69, 9.17) is 4.74 Å². The molecule has 2 nitrogen and oxygen atoms in total. The highest BCUT2D eigenvalue weighted by Crippen LogP contribution is 2.32. The molecule has 0 aliphatic heterocycles. The summed E-state index contributed by atoms with van der Waals surface area (Å²) < 4.78 is 5.51. The summed E-state index contributed by atoms with van der Waals surface area (Å²) in [5.74, 6) is 1.57. The van der Waals surface area contributed by atoms with Crippen molar-refractivity contribution in [1.29, 1.82) is 0 Å². The second-order valence-corrected chi connectivity index (χ2v) is 4.74. The molecule has 0 heterocycles. The summed E-state index contributed by atoms with van der Waals surface area (Å²) in [6.07, 6.45) is 1.15. The first kappa shape index (κ1) is 14.0. The fourth-order valence-electron chi connectivity index (χ4n) is 2.38. The lowest BCUT2D eigenvalue weighted by Crippen LogP contribution is -2.16. The Kier molecular flexibility index (Phi) is 5.49. The van der Waals surface area contributed by atoms with Crippen molar-refractivity contribution in [3.8, 4) is 5.75 Å². The topological polar surface area (TPSA) is 21.3 Å². The Hall–Kier alpha value is -1.02. The van der Waals surface area contributed by atoms with Gasteiger partial charge in [-0.05, 0) is 62.0 Å². The van der Waals surface area contributed by atoms with Crippen molar-refractivity contribution in [2.45, 2.75) is 40.0 Å². The molecule has 1 unspecified atom stereocenters. The average molecular weight is 235 g/mol. The third-order valence-electron chi connectivity index (χ3n) is 3.21. The standard InChI is InChI=1S/C15H25NO/c1-6-16-8-7-12(3)15-13(4)9-11(2)10-14(15)17-5/h9-10,12,16H,6-8H2,1-5H3. The van der Waals surface area contributed by atoms with Crippen molar-refractivity contribution in [3.05, 3.63) is 28.8 Å². The maximum atomic E-state index is 5.51. The second kappa shape index (κ2) is 6.65. The molecule has 0 spiro atoms. The average Bonchev–Trinajstić information content (AvgIpc) is 2.27. The van der Waals surface area contributed by atoms with Gasteiger partial charge in [0.2, 0.25) is 0 Å². The van der Waals surface area contributed by atoms with Gasteiger partial charge in [0.1, 0.15) is 5.75 Å². The summed E-state index contributed by atoms with van der Waals surface area (Å²) in [4.78, 5) is 0. The van der Waals surface area contributed by atoms with Gasteiger partial charge in [0.25, 0.3) is 0 Å². The maximum Gasteiger partial charge on any atom is 0.122 e. The van der Waals surface area contributed by atoms with Crippen molar-refractivity contribution in [1.82, 2.24) is 5.32 Å². The Balaban J connectivity index is 2.87. The lowest BCUT2D eigenvalue weighted by molar-refractivity contribution is 0.404. The summed E-state index contributed by atoms with van der Waals surface area (Å²) in [6.45, 7) is 10.8. The number of hydrogen-bond acceptors (Lipinski definition) is 2. The second-order valence-electron chi connectivity index (χ2n) is 4.74. The van der Waals surface area contributed by atoms with Crippen LogP contribution >= 0.6 is 0 Å². The first-order valence-corrected chi connectivity index (χ1v) is 6.46. The number of methoxy groups -OCH3 is 1. The molecule has 2 heteroatoms. The molecule has 0 aromatic heterocycles. The minimum atomic E-state index is 0.532. The normalized spacial score (nSPS) is 12.5. The zero-order valence-electron chi connectivity index (χ0n) is 11.8. The molecule has 1 aromatic rings. The molecule has 0 bridgehead atoms. The smallest absolute Gasteiger partial charge is 0.122 e. The zero-order valence-corrected chi connectivity index (χ0v) is 11.8. The van der Waals surface area contributed by atoms with Crippen LogP contribution in [0.25, 0.3) is 0 Å². The van der Waals surface area contributed by atoms with Gasteiger partial charge in [-0.15, -0.1) is 0 Å². The predicted molar refractivity (Wildman–Crippen MR) is 74.0 cm³/mol. The summed E-state index contributed by atoms with van der Waals surface area (Å²) in [6, 6.07) is 4.37. The Labute approximate surface area is 105 Å². The fraction of sp³-hybridized carbons (Fsp3) is 0.600. The highest BCUT2D eigenvalue weighted by Gasteiger charge is 2.14. The Morgan fingerprint density at radius 1 is 1.29 bits per heavy atom. The Morgan fingerprint density at radius 3 is 2.59 bits per heavy atom. The lowest BCUT2D eigenvalue weighted by Gasteiger charge is -2.19. The highest BCUT2D eigenvalue weighted by molar-refractivity contribution is 5.45. The van der Waals surface area contributed by atoms with Crippen LogP contribution in [0.1, 0.15) is 42.9 Å². The largest absolute Gasteiger partial charge is 0.496 e. The summed E-state index contributed by atoms with van der Waals surface area (Å²) >= 11 is 0. The van der Waals surface area contributed by atoms with E-state index in [1.54, 1.807) is 7.11 Å². The van der Waals surface area contributed by atoms with Gasteiger partial charge in [0, 0.05) is 0 Å². The lowest BCUT2D eigenvalue weighted by atomic mass is 9.91. The third kappa shape index (κ3) is 3.74. The molecule has 0 fully saturated rings. The van der Waals surface area contributed by atoms with E-state index in [1.165, 1.54) is 16.7 Å². The number of aryl methyl sites for hydroxylation is 2. The van der Waals surface area contributed by atoms with Gasteiger partial charge in [-0.2, -0.15) is 0 Å². The van der Waals surface area contributed by atoms with Crippen molar-refractivity contribution >= 4 is 0 Å². The molecule has 1 N–H and O–H groups in total. The molecular weight excluding hydrogens is 210 g/mol. The van der Waals surface area contributed by atoms with E-state index in [-0.39, 0.29) is 0 Å². The van der Waals surface area contributed by atoms with Crippen LogP contribution < -0.4 is 10.1 Å². The molecule has 0 radical (unpaired) electrons. The number of nitrogens with one attached hydrogen (secondary N) is 1. The molecule has 17 heavy (non-hydrogen) atoms. The van der Waals surface area contributed by atoms with Gasteiger partial charge in [0.15, 0.2) is 0 Å². The molecule has 0 amide bonds. The third-order valence-corrected chi connectivity index (χ3v) is 3.21. The number of rotatable bonds is 6. The van der Waals surface area contributed by atoms with Gasteiger partial charge in [0.05, 0.1) is 7.11 Å². The van der Waals surface area contributed by atoms with Crippen molar-refractivity contribution < 1.29 is 4.74 Å². The van der Waals surface area contributed by atoms with Gasteiger partial charge >= 0.3 is 0 Å². The van der Waals surface area contributed by atoms with Crippen molar-refractivity contribution in [2.24, 2.45) is 0 Å². The van der Waals surface area contributed by atoms with Gasteiger partial charge in [-0.25, -0.2) is 0 Å². The van der Waals surface area contributed by atoms with Gasteiger partial charge in [-0.3, -0.25) is 0 Å². The molecule has 1 rings (SSSR count). The van der Waals surface area contributed by atoms with E-state index in [1.807, 2.05) is 0 Å². The van der Waals surface area contributed by atoms with E-state index in [0.29, 0.717) is 5.92 Å². The SMILES string of the molecule is CCNCCC(C)c1c(C)cc(C)cc1OC. The highest BCUT2D eigenvalue weighted by atomic mass is 16.5. The van der Waals surface area contributed by atoms with Crippen LogP contribution in [0, 0.1) is 13.8 Å². The number of hydrogen-bond donors (Lipinski definition) is 1. The van der Waals surface area contributed by atoms with Crippen LogP contribution in [0.15, 0.2) is 12.1 Å². The van der Waals surface area contributed by atoms with E-state index in [0.717, 1.165) is 25.3 Å². The molecule has 0 saturated carbocycles. The van der Waals surface area contributed by atoms with E-state index in [9.17, 15) is 0 Å². The van der Waals surface area contributed by atoms with Crippen molar-refractivity contribution in [2.75, 3.05) is 20.2 Å². The summed E-state index contributed by atoms with van der Waals surface area (Å²) in [5.41, 5.74) is 3.96. The van der Waals surface area contributed by atoms with Crippen LogP contribution in [0.5, 0.6) is 5.75 Å². The molecule has 96 valence electrons. The summed E-state index contributed by atoms with van der Waals surface area (Å²) in [7, 11) is 1.76. The molecular formula is C15H25NO. The van der Waals surface area contributed by atoms with Crippen LogP contribution in [0.2, 0.25) is 0 Å². The molecule has 0 aliphatic rings. The van der Waals surface area contributed by atoms with Gasteiger partial charge in [-0.1, -0.05) is 19.9 Å². The first-order valence-electron chi connectivity index (χ1n) is 6.46. The monoisotopic (exact) mass is 235 g/mol. The number of ether oxygens (including phenoxy) is 1. The predicted octanol–water partition coefficient (Wildman–Crippen LogP) is 3.42. The Morgan fingerprint density at radius 2 is 2.00 bits per heavy atom. The Bertz CT molecular complexity index is 360. The molecule has 0 saturated heterocycles. The quantitative estimate of drug-likeness (QED) is 0.763. The minimum Gasteiger partial charge on any atom is -0.496 e. The van der Waals surface area contributed by atoms with Crippen LogP contribution in [0.3, 0.4) is 0 Å². The minimum absolute atomic E-state index is 0.532. The number of benzene rings is 1. The molecule has 1 atom stereocenters. The van der Waals surface area contributed by atoms with E-state index < -0.39 is 0 Å². The van der Waals surface area contributed by atoms with Crippen molar-refractivity contribution in [3.63, 3.8) is 0 Å².